The second kappa shape index (κ2) is 4.84. The van der Waals surface area contributed by atoms with E-state index in [0.717, 1.165) is 6.26 Å². The summed E-state index contributed by atoms with van der Waals surface area (Å²) in [6.45, 7) is 2.74. The molecular weight excluding hydrogens is 230 g/mol. The first kappa shape index (κ1) is 14.2. The number of halogens is 2. The van der Waals surface area contributed by atoms with Crippen LogP contribution in [-0.4, -0.2) is 39.1 Å². The molecule has 0 radical (unpaired) electrons. The third kappa shape index (κ3) is 7.20. The molecule has 0 aliphatic carbocycles. The van der Waals surface area contributed by atoms with Gasteiger partial charge in [-0.05, 0) is 13.8 Å². The molecule has 0 aromatic rings. The van der Waals surface area contributed by atoms with Crippen LogP contribution in [0.2, 0.25) is 0 Å². The van der Waals surface area contributed by atoms with E-state index in [4.69, 9.17) is 0 Å². The molecule has 0 bridgehead atoms. The number of hydrogen-bond acceptors (Lipinski definition) is 3. The van der Waals surface area contributed by atoms with Gasteiger partial charge in [0.05, 0.1) is 6.26 Å². The zero-order valence-corrected chi connectivity index (χ0v) is 9.49. The molecule has 1 amide bonds. The number of nitrogens with one attached hydrogen (secondary N) is 2. The van der Waals surface area contributed by atoms with E-state index in [1.807, 2.05) is 5.32 Å². The highest BCUT2D eigenvalue weighted by molar-refractivity contribution is 7.88. The molecule has 0 saturated heterocycles. The summed E-state index contributed by atoms with van der Waals surface area (Å²) in [5, 5.41) is 1.93. The summed E-state index contributed by atoms with van der Waals surface area (Å²) in [5.74, 6) is -1.42. The van der Waals surface area contributed by atoms with Crippen LogP contribution in [0.25, 0.3) is 0 Å². The second-order valence-electron chi connectivity index (χ2n) is 3.78. The minimum Gasteiger partial charge on any atom is -0.349 e. The lowest BCUT2D eigenvalue weighted by Gasteiger charge is -2.25. The molecule has 0 aliphatic heterocycles. The van der Waals surface area contributed by atoms with Gasteiger partial charge >= 0.3 is 6.43 Å². The maximum absolute atomic E-state index is 11.8. The van der Waals surface area contributed by atoms with Crippen molar-refractivity contribution in [1.29, 1.82) is 0 Å². The Kier molecular flexibility index (Phi) is 4.60. The Balaban J connectivity index is 4.22. The molecule has 0 rings (SSSR count). The molecule has 15 heavy (non-hydrogen) atoms. The van der Waals surface area contributed by atoms with Crippen molar-refractivity contribution in [3.05, 3.63) is 0 Å². The number of amides is 1. The highest BCUT2D eigenvalue weighted by atomic mass is 32.2. The van der Waals surface area contributed by atoms with E-state index in [1.165, 1.54) is 13.8 Å². The van der Waals surface area contributed by atoms with Crippen LogP contribution in [0.4, 0.5) is 8.78 Å². The van der Waals surface area contributed by atoms with Crippen LogP contribution in [0.5, 0.6) is 0 Å². The minimum absolute atomic E-state index is 0.205. The molecule has 0 aliphatic rings. The van der Waals surface area contributed by atoms with Gasteiger partial charge in [-0.3, -0.25) is 4.79 Å². The molecule has 0 atom stereocenters. The Labute approximate surface area is 87.3 Å². The molecule has 0 saturated carbocycles. The zero-order chi connectivity index (χ0) is 12.3. The van der Waals surface area contributed by atoms with E-state index in [9.17, 15) is 22.0 Å². The van der Waals surface area contributed by atoms with Crippen LogP contribution in [0, 0.1) is 0 Å². The molecule has 2 N–H and O–H groups in total. The topological polar surface area (TPSA) is 75.3 Å². The molecule has 0 aromatic heterocycles. The minimum atomic E-state index is -3.44. The van der Waals surface area contributed by atoms with Gasteiger partial charge in [0.2, 0.25) is 10.0 Å². The van der Waals surface area contributed by atoms with Crippen LogP contribution in [0.15, 0.2) is 0 Å². The average molecular weight is 244 g/mol. The largest absolute Gasteiger partial charge is 0.349 e. The number of carbonyl (C=O) groups is 1. The van der Waals surface area contributed by atoms with Crippen molar-refractivity contribution < 1.29 is 22.0 Å². The van der Waals surface area contributed by atoms with E-state index in [-0.39, 0.29) is 6.54 Å². The average Bonchev–Trinajstić information content (AvgIpc) is 1.95. The van der Waals surface area contributed by atoms with Crippen molar-refractivity contribution >= 4 is 15.9 Å². The Morgan fingerprint density at radius 1 is 1.40 bits per heavy atom. The van der Waals surface area contributed by atoms with Gasteiger partial charge in [0.25, 0.3) is 5.91 Å². The third-order valence-corrected chi connectivity index (χ3v) is 2.29. The lowest BCUT2D eigenvalue weighted by atomic mass is 10.1. The molecule has 90 valence electrons. The van der Waals surface area contributed by atoms with Crippen molar-refractivity contribution in [2.75, 3.05) is 12.8 Å². The number of hydrogen-bond donors (Lipinski definition) is 2. The van der Waals surface area contributed by atoms with Crippen molar-refractivity contribution in [3.63, 3.8) is 0 Å². The van der Waals surface area contributed by atoms with Crippen molar-refractivity contribution in [2.24, 2.45) is 0 Å². The summed E-state index contributed by atoms with van der Waals surface area (Å²) < 4.78 is 47.5. The lowest BCUT2D eigenvalue weighted by Crippen LogP contribution is -2.51. The summed E-state index contributed by atoms with van der Waals surface area (Å²) in [6, 6.07) is 0. The number of rotatable bonds is 5. The maximum atomic E-state index is 11.8. The fourth-order valence-electron chi connectivity index (χ4n) is 0.923. The highest BCUT2D eigenvalue weighted by Crippen LogP contribution is 2.02. The molecule has 8 heteroatoms. The molecular formula is C7H14F2N2O3S. The molecule has 0 fully saturated rings. The van der Waals surface area contributed by atoms with Gasteiger partial charge < -0.3 is 5.32 Å². The van der Waals surface area contributed by atoms with E-state index >= 15 is 0 Å². The van der Waals surface area contributed by atoms with Crippen LogP contribution in [0.3, 0.4) is 0 Å². The summed E-state index contributed by atoms with van der Waals surface area (Å²) in [5.41, 5.74) is -1.00. The standard InChI is InChI=1S/C7H14F2N2O3S/c1-7(2,11-15(3,13)14)4-10-6(12)5(8)9/h5,11H,4H2,1-3H3,(H,10,12). The summed E-state index contributed by atoms with van der Waals surface area (Å²) in [7, 11) is -3.44. The Hall–Kier alpha value is -0.760. The Morgan fingerprint density at radius 2 is 1.87 bits per heavy atom. The third-order valence-electron chi connectivity index (χ3n) is 1.36. The smallest absolute Gasteiger partial charge is 0.315 e. The molecule has 0 spiro atoms. The first-order chi connectivity index (χ1) is 6.53. The van der Waals surface area contributed by atoms with Crippen LogP contribution in [-0.2, 0) is 14.8 Å². The molecule has 0 unspecified atom stereocenters. The van der Waals surface area contributed by atoms with Gasteiger partial charge in [-0.15, -0.1) is 0 Å². The molecule has 0 aromatic carbocycles. The van der Waals surface area contributed by atoms with Gasteiger partial charge in [-0.1, -0.05) is 0 Å². The van der Waals surface area contributed by atoms with Crippen molar-refractivity contribution in [3.8, 4) is 0 Å². The van der Waals surface area contributed by atoms with E-state index in [1.54, 1.807) is 0 Å². The summed E-state index contributed by atoms with van der Waals surface area (Å²) in [4.78, 5) is 10.5. The van der Waals surface area contributed by atoms with E-state index in [0.29, 0.717) is 0 Å². The normalized spacial score (nSPS) is 12.9. The fraction of sp³-hybridized carbons (Fsp3) is 0.857. The lowest BCUT2D eigenvalue weighted by molar-refractivity contribution is -0.131. The number of carbonyl (C=O) groups excluding carboxylic acids is 1. The van der Waals surface area contributed by atoms with Crippen LogP contribution < -0.4 is 10.0 Å². The van der Waals surface area contributed by atoms with Gasteiger partial charge in [0.15, 0.2) is 0 Å². The first-order valence-corrected chi connectivity index (χ1v) is 5.97. The zero-order valence-electron chi connectivity index (χ0n) is 8.67. The number of sulfonamides is 1. The van der Waals surface area contributed by atoms with E-state index in [2.05, 4.69) is 4.72 Å². The van der Waals surface area contributed by atoms with Gasteiger partial charge in [0, 0.05) is 12.1 Å². The van der Waals surface area contributed by atoms with E-state index < -0.39 is 27.9 Å². The Morgan fingerprint density at radius 3 is 2.20 bits per heavy atom. The number of alkyl halides is 2. The van der Waals surface area contributed by atoms with Gasteiger partial charge in [-0.2, -0.15) is 8.78 Å². The van der Waals surface area contributed by atoms with Crippen molar-refractivity contribution in [1.82, 2.24) is 10.0 Å². The first-order valence-electron chi connectivity index (χ1n) is 4.08. The highest BCUT2D eigenvalue weighted by Gasteiger charge is 2.24. The summed E-state index contributed by atoms with van der Waals surface area (Å²) >= 11 is 0. The van der Waals surface area contributed by atoms with Crippen LogP contribution >= 0.6 is 0 Å². The SMILES string of the molecule is CC(C)(CNC(=O)C(F)F)NS(C)(=O)=O. The fourth-order valence-corrected chi connectivity index (χ4v) is 2.00. The van der Waals surface area contributed by atoms with Gasteiger partial charge in [-0.25, -0.2) is 13.1 Å². The Bertz CT molecular complexity index is 327. The monoisotopic (exact) mass is 244 g/mol. The van der Waals surface area contributed by atoms with Gasteiger partial charge in [0.1, 0.15) is 0 Å². The molecule has 5 nitrogen and oxygen atoms in total. The second-order valence-corrected chi connectivity index (χ2v) is 5.53. The predicted molar refractivity (Wildman–Crippen MR) is 51.1 cm³/mol. The summed E-state index contributed by atoms with van der Waals surface area (Å²) in [6.07, 6.45) is -2.15. The predicted octanol–water partition coefficient (Wildman–Crippen LogP) is -0.304. The van der Waals surface area contributed by atoms with Crippen molar-refractivity contribution in [2.45, 2.75) is 25.8 Å². The quantitative estimate of drug-likeness (QED) is 0.697. The van der Waals surface area contributed by atoms with Crippen LogP contribution in [0.1, 0.15) is 13.8 Å². The molecule has 0 heterocycles. The maximum Gasteiger partial charge on any atom is 0.315 e.